The molecule has 0 atom stereocenters. The van der Waals surface area contributed by atoms with Gasteiger partial charge in [-0.05, 0) is 46.7 Å². The van der Waals surface area contributed by atoms with Crippen LogP contribution < -0.4 is 4.74 Å². The molecule has 2 amide bonds. The van der Waals surface area contributed by atoms with Crippen molar-refractivity contribution in [1.82, 2.24) is 9.80 Å². The average molecular weight is 400 g/mol. The molecule has 0 aliphatic carbocycles. The van der Waals surface area contributed by atoms with Gasteiger partial charge in [0.05, 0.1) is 7.11 Å². The van der Waals surface area contributed by atoms with Gasteiger partial charge in [0, 0.05) is 37.3 Å². The fraction of sp³-hybridized carbons (Fsp3) is 0.200. The molecule has 1 saturated heterocycles. The highest BCUT2D eigenvalue weighted by molar-refractivity contribution is 6.19. The van der Waals surface area contributed by atoms with Crippen molar-refractivity contribution < 1.29 is 14.3 Å². The second-order valence-electron chi connectivity index (χ2n) is 7.36. The number of carbonyl (C=O) groups excluding carboxylic acids is 2. The Morgan fingerprint density at radius 2 is 1.43 bits per heavy atom. The quantitative estimate of drug-likeness (QED) is 0.625. The zero-order valence-electron chi connectivity index (χ0n) is 17.0. The molecule has 4 rings (SSSR count). The lowest BCUT2D eigenvalue weighted by atomic mass is 10.0. The molecule has 1 aliphatic heterocycles. The molecule has 0 radical (unpaired) electrons. The monoisotopic (exact) mass is 400 g/mol. The van der Waals surface area contributed by atoms with Crippen LogP contribution in [0, 0.1) is 0 Å². The predicted octanol–water partition coefficient (Wildman–Crippen LogP) is 3.85. The highest BCUT2D eigenvalue weighted by atomic mass is 16.5. The van der Waals surface area contributed by atoms with Gasteiger partial charge in [0.1, 0.15) is 5.75 Å². The van der Waals surface area contributed by atoms with Crippen molar-refractivity contribution in [3.63, 3.8) is 0 Å². The maximum absolute atomic E-state index is 13.0. The summed E-state index contributed by atoms with van der Waals surface area (Å²) in [5.74, 6) is 0.717. The minimum Gasteiger partial charge on any atom is -0.497 e. The first-order chi connectivity index (χ1) is 14.6. The predicted molar refractivity (Wildman–Crippen MR) is 118 cm³/mol. The first-order valence-electron chi connectivity index (χ1n) is 9.97. The Labute approximate surface area is 176 Å². The maximum atomic E-state index is 13.0. The van der Waals surface area contributed by atoms with Gasteiger partial charge in [-0.25, -0.2) is 0 Å². The normalized spacial score (nSPS) is 13.9. The van der Waals surface area contributed by atoms with Crippen molar-refractivity contribution in [1.29, 1.82) is 0 Å². The summed E-state index contributed by atoms with van der Waals surface area (Å²) in [6.07, 6.45) is 0. The second-order valence-corrected chi connectivity index (χ2v) is 7.36. The fourth-order valence-electron chi connectivity index (χ4n) is 3.73. The van der Waals surface area contributed by atoms with Crippen LogP contribution in [0.3, 0.4) is 0 Å². The van der Waals surface area contributed by atoms with Gasteiger partial charge in [-0.3, -0.25) is 9.59 Å². The Morgan fingerprint density at radius 1 is 0.800 bits per heavy atom. The molecule has 30 heavy (non-hydrogen) atoms. The van der Waals surface area contributed by atoms with Crippen LogP contribution in [0.4, 0.5) is 0 Å². The van der Waals surface area contributed by atoms with Crippen molar-refractivity contribution in [2.24, 2.45) is 0 Å². The lowest BCUT2D eigenvalue weighted by Gasteiger charge is -2.35. The number of amides is 2. The third-order valence-corrected chi connectivity index (χ3v) is 5.53. The molecular weight excluding hydrogens is 376 g/mol. The number of fused-ring (bicyclic) bond motifs is 1. The molecular formula is C25H24N2O3. The minimum atomic E-state index is -0.0883. The van der Waals surface area contributed by atoms with Crippen LogP contribution in [0.5, 0.6) is 5.75 Å². The number of hydrogen-bond acceptors (Lipinski definition) is 3. The van der Waals surface area contributed by atoms with Crippen molar-refractivity contribution in [3.8, 4) is 5.75 Å². The smallest absolute Gasteiger partial charge is 0.253 e. The third-order valence-electron chi connectivity index (χ3n) is 5.53. The Kier molecular flexibility index (Phi) is 5.53. The lowest BCUT2D eigenvalue weighted by Crippen LogP contribution is -2.50. The topological polar surface area (TPSA) is 49.9 Å². The number of hydrogen-bond donors (Lipinski definition) is 0. The van der Waals surface area contributed by atoms with E-state index in [4.69, 9.17) is 4.74 Å². The molecule has 3 aromatic rings. The Hall–Kier alpha value is -3.60. The van der Waals surface area contributed by atoms with Crippen molar-refractivity contribution >= 4 is 28.2 Å². The van der Waals surface area contributed by atoms with Crippen LogP contribution in [0.15, 0.2) is 73.3 Å². The molecule has 5 heteroatoms. The van der Waals surface area contributed by atoms with Gasteiger partial charge in [0.25, 0.3) is 11.8 Å². The second kappa shape index (κ2) is 8.41. The van der Waals surface area contributed by atoms with Crippen LogP contribution >= 0.6 is 0 Å². The fourth-order valence-corrected chi connectivity index (χ4v) is 3.73. The first-order valence-corrected chi connectivity index (χ1v) is 9.97. The number of piperazine rings is 1. The first kappa shape index (κ1) is 19.7. The zero-order valence-corrected chi connectivity index (χ0v) is 17.0. The van der Waals surface area contributed by atoms with E-state index >= 15 is 0 Å². The SMILES string of the molecule is C=C(C(=O)N1CCN(C(=O)c2ccccc2)CC1)c1ccc2cc(OC)ccc2c1. The van der Waals surface area contributed by atoms with Gasteiger partial charge >= 0.3 is 0 Å². The summed E-state index contributed by atoms with van der Waals surface area (Å²) in [6.45, 7) is 6.08. The molecule has 0 N–H and O–H groups in total. The van der Waals surface area contributed by atoms with E-state index in [1.54, 1.807) is 16.9 Å². The summed E-state index contributed by atoms with van der Waals surface area (Å²) in [6, 6.07) is 20.9. The van der Waals surface area contributed by atoms with Gasteiger partial charge in [-0.2, -0.15) is 0 Å². The maximum Gasteiger partial charge on any atom is 0.253 e. The number of methoxy groups -OCH3 is 1. The number of carbonyl (C=O) groups is 2. The van der Waals surface area contributed by atoms with E-state index in [1.807, 2.05) is 66.7 Å². The van der Waals surface area contributed by atoms with Gasteiger partial charge in [-0.15, -0.1) is 0 Å². The molecule has 152 valence electrons. The standard InChI is InChI=1S/C25H24N2O3/c1-18(20-8-9-22-17-23(30-2)11-10-21(22)16-20)24(28)26-12-14-27(15-13-26)25(29)19-6-4-3-5-7-19/h3-11,16-17H,1,12-15H2,2H3. The molecule has 1 aliphatic rings. The van der Waals surface area contributed by atoms with E-state index in [2.05, 4.69) is 6.58 Å². The average Bonchev–Trinajstić information content (AvgIpc) is 2.82. The molecule has 0 aromatic heterocycles. The number of benzene rings is 3. The largest absolute Gasteiger partial charge is 0.497 e. The van der Waals surface area contributed by atoms with E-state index in [-0.39, 0.29) is 11.8 Å². The minimum absolute atomic E-state index is 0.00600. The van der Waals surface area contributed by atoms with Gasteiger partial charge < -0.3 is 14.5 Å². The highest BCUT2D eigenvalue weighted by Crippen LogP contribution is 2.25. The van der Waals surface area contributed by atoms with Gasteiger partial charge in [-0.1, -0.05) is 43.0 Å². The van der Waals surface area contributed by atoms with E-state index in [1.165, 1.54) is 0 Å². The summed E-state index contributed by atoms with van der Waals surface area (Å²) in [4.78, 5) is 29.2. The third kappa shape index (κ3) is 3.92. The zero-order chi connectivity index (χ0) is 21.1. The summed E-state index contributed by atoms with van der Waals surface area (Å²) >= 11 is 0. The molecule has 1 fully saturated rings. The van der Waals surface area contributed by atoms with Crippen molar-refractivity contribution in [3.05, 3.63) is 84.4 Å². The molecule has 0 spiro atoms. The Balaban J connectivity index is 1.42. The van der Waals surface area contributed by atoms with E-state index < -0.39 is 0 Å². The molecule has 1 heterocycles. The van der Waals surface area contributed by atoms with E-state index in [0.29, 0.717) is 37.3 Å². The van der Waals surface area contributed by atoms with E-state index in [9.17, 15) is 9.59 Å². The summed E-state index contributed by atoms with van der Waals surface area (Å²) in [5.41, 5.74) is 1.95. The number of rotatable bonds is 4. The number of ether oxygens (including phenoxy) is 1. The van der Waals surface area contributed by atoms with Crippen LogP contribution in [0.2, 0.25) is 0 Å². The Bertz CT molecular complexity index is 1100. The van der Waals surface area contributed by atoms with Crippen LogP contribution in [-0.2, 0) is 4.79 Å². The summed E-state index contributed by atoms with van der Waals surface area (Å²) < 4.78 is 5.26. The van der Waals surface area contributed by atoms with Crippen LogP contribution in [0.1, 0.15) is 15.9 Å². The molecule has 0 bridgehead atoms. The molecule has 0 unspecified atom stereocenters. The number of nitrogens with zero attached hydrogens (tertiary/aromatic N) is 2. The lowest BCUT2D eigenvalue weighted by molar-refractivity contribution is -0.126. The van der Waals surface area contributed by atoms with E-state index in [0.717, 1.165) is 22.1 Å². The molecule has 3 aromatic carbocycles. The summed E-state index contributed by atoms with van der Waals surface area (Å²) in [7, 11) is 1.64. The highest BCUT2D eigenvalue weighted by Gasteiger charge is 2.26. The van der Waals surface area contributed by atoms with Crippen LogP contribution in [-0.4, -0.2) is 54.9 Å². The van der Waals surface area contributed by atoms with Gasteiger partial charge in [0.2, 0.25) is 0 Å². The van der Waals surface area contributed by atoms with Crippen LogP contribution in [0.25, 0.3) is 16.3 Å². The van der Waals surface area contributed by atoms with Crippen molar-refractivity contribution in [2.45, 2.75) is 0 Å². The molecule has 5 nitrogen and oxygen atoms in total. The van der Waals surface area contributed by atoms with Crippen molar-refractivity contribution in [2.75, 3.05) is 33.3 Å². The Morgan fingerprint density at radius 3 is 2.13 bits per heavy atom. The van der Waals surface area contributed by atoms with Gasteiger partial charge in [0.15, 0.2) is 0 Å². The molecule has 0 saturated carbocycles. The summed E-state index contributed by atoms with van der Waals surface area (Å²) in [5, 5.41) is 2.08.